The summed E-state index contributed by atoms with van der Waals surface area (Å²) in [6, 6.07) is 10.2. The lowest BCUT2D eigenvalue weighted by molar-refractivity contribution is -0.127. The van der Waals surface area contributed by atoms with Crippen LogP contribution in [0.15, 0.2) is 41.4 Å². The molecule has 0 radical (unpaired) electrons. The first-order valence-corrected chi connectivity index (χ1v) is 8.44. The van der Waals surface area contributed by atoms with Gasteiger partial charge in [-0.1, -0.05) is 6.07 Å². The molecule has 0 amide bonds. The van der Waals surface area contributed by atoms with E-state index in [4.69, 9.17) is 18.9 Å². The number of aliphatic imine (C=N–C) groups is 1. The van der Waals surface area contributed by atoms with Gasteiger partial charge in [0.05, 0.1) is 7.11 Å². The van der Waals surface area contributed by atoms with Crippen LogP contribution in [0.2, 0.25) is 0 Å². The summed E-state index contributed by atoms with van der Waals surface area (Å²) in [5, 5.41) is 9.78. The Labute approximate surface area is 157 Å². The highest BCUT2D eigenvalue weighted by Crippen LogP contribution is 2.33. The zero-order valence-electron chi connectivity index (χ0n) is 15.2. The number of ether oxygens (including phenoxy) is 4. The van der Waals surface area contributed by atoms with Crippen LogP contribution in [0, 0.1) is 0 Å². The maximum absolute atomic E-state index is 12.5. The number of hydrogen-bond donors (Lipinski definition) is 1. The van der Waals surface area contributed by atoms with Crippen molar-refractivity contribution >= 4 is 12.0 Å². The molecular formula is C20H21NO6. The third-order valence-corrected chi connectivity index (χ3v) is 4.09. The van der Waals surface area contributed by atoms with E-state index in [1.807, 2.05) is 0 Å². The first-order chi connectivity index (χ1) is 13.1. The maximum Gasteiger partial charge on any atom is 0.187 e. The zero-order chi connectivity index (χ0) is 19.2. The molecule has 0 saturated carbocycles. The molecule has 7 nitrogen and oxygen atoms in total. The molecule has 2 aromatic carbocycles. The number of carbonyl (C=O) groups excluding carboxylic acids is 1. The number of benzene rings is 2. The number of hydrogen-bond acceptors (Lipinski definition) is 7. The monoisotopic (exact) mass is 371 g/mol. The van der Waals surface area contributed by atoms with Gasteiger partial charge in [-0.25, -0.2) is 0 Å². The number of aromatic hydroxyl groups is 1. The van der Waals surface area contributed by atoms with Gasteiger partial charge in [0.15, 0.2) is 28.8 Å². The molecular weight excluding hydrogens is 350 g/mol. The topological polar surface area (TPSA) is 86.6 Å². The minimum Gasteiger partial charge on any atom is -0.504 e. The molecule has 1 aliphatic rings. The molecule has 0 aromatic heterocycles. The van der Waals surface area contributed by atoms with Gasteiger partial charge in [0.1, 0.15) is 25.9 Å². The second kappa shape index (κ2) is 8.55. The van der Waals surface area contributed by atoms with Crippen LogP contribution in [-0.4, -0.2) is 51.1 Å². The Kier molecular flexibility index (Phi) is 5.93. The number of fused-ring (bicyclic) bond motifs is 1. The molecule has 142 valence electrons. The SMILES string of the molecule is COc1ccc(C=NCC(=O)C(OC)c2ccc3c(c2)OCCO3)cc1O. The molecule has 27 heavy (non-hydrogen) atoms. The number of methoxy groups -OCH3 is 2. The van der Waals surface area contributed by atoms with Crippen LogP contribution in [-0.2, 0) is 9.53 Å². The molecule has 3 rings (SSSR count). The predicted octanol–water partition coefficient (Wildman–Crippen LogP) is 2.55. The molecule has 2 aromatic rings. The lowest BCUT2D eigenvalue weighted by atomic mass is 10.0. The molecule has 0 saturated heterocycles. The Morgan fingerprint density at radius 2 is 1.96 bits per heavy atom. The first-order valence-electron chi connectivity index (χ1n) is 8.44. The van der Waals surface area contributed by atoms with Crippen LogP contribution in [0.1, 0.15) is 17.2 Å². The van der Waals surface area contributed by atoms with E-state index in [0.29, 0.717) is 41.6 Å². The smallest absolute Gasteiger partial charge is 0.187 e. The van der Waals surface area contributed by atoms with E-state index in [-0.39, 0.29) is 18.1 Å². The van der Waals surface area contributed by atoms with Crippen LogP contribution < -0.4 is 14.2 Å². The highest BCUT2D eigenvalue weighted by atomic mass is 16.6. The molecule has 1 N–H and O–H groups in total. The largest absolute Gasteiger partial charge is 0.504 e. The summed E-state index contributed by atoms with van der Waals surface area (Å²) in [6.45, 7) is 0.926. The van der Waals surface area contributed by atoms with Crippen molar-refractivity contribution in [3.8, 4) is 23.0 Å². The van der Waals surface area contributed by atoms with Gasteiger partial charge in [-0.2, -0.15) is 0 Å². The molecule has 0 bridgehead atoms. The highest BCUT2D eigenvalue weighted by Gasteiger charge is 2.22. The van der Waals surface area contributed by atoms with Gasteiger partial charge >= 0.3 is 0 Å². The van der Waals surface area contributed by atoms with Gasteiger partial charge < -0.3 is 24.1 Å². The van der Waals surface area contributed by atoms with Crippen molar-refractivity contribution in [1.29, 1.82) is 0 Å². The second-order valence-electron chi connectivity index (χ2n) is 5.89. The van der Waals surface area contributed by atoms with E-state index >= 15 is 0 Å². The van der Waals surface area contributed by atoms with Crippen LogP contribution in [0.25, 0.3) is 0 Å². The molecule has 0 aliphatic carbocycles. The van der Waals surface area contributed by atoms with Crippen molar-refractivity contribution in [2.75, 3.05) is 34.0 Å². The Morgan fingerprint density at radius 1 is 1.19 bits per heavy atom. The quantitative estimate of drug-likeness (QED) is 0.753. The Bertz CT molecular complexity index is 848. The van der Waals surface area contributed by atoms with Gasteiger partial charge in [0, 0.05) is 13.3 Å². The fraction of sp³-hybridized carbons (Fsp3) is 0.300. The fourth-order valence-electron chi connectivity index (χ4n) is 2.79. The lowest BCUT2D eigenvalue weighted by Crippen LogP contribution is -2.19. The standard InChI is InChI=1S/C20H21NO6/c1-24-17-5-3-13(9-15(17)22)11-21-12-16(23)20(25-2)14-4-6-18-19(10-14)27-8-7-26-18/h3-6,9-11,20,22H,7-8,12H2,1-2H3. The van der Waals surface area contributed by atoms with E-state index in [2.05, 4.69) is 4.99 Å². The third kappa shape index (κ3) is 4.38. The van der Waals surface area contributed by atoms with Crippen LogP contribution in [0.5, 0.6) is 23.0 Å². The first kappa shape index (κ1) is 18.7. The minimum atomic E-state index is -0.748. The number of rotatable bonds is 7. The average molecular weight is 371 g/mol. The molecule has 1 unspecified atom stereocenters. The highest BCUT2D eigenvalue weighted by molar-refractivity contribution is 5.89. The van der Waals surface area contributed by atoms with E-state index in [9.17, 15) is 9.90 Å². The minimum absolute atomic E-state index is 0.0128. The number of phenolic OH excluding ortho intramolecular Hbond substituents is 1. The predicted molar refractivity (Wildman–Crippen MR) is 99.3 cm³/mol. The van der Waals surface area contributed by atoms with Crippen molar-refractivity contribution < 1.29 is 28.8 Å². The number of Topliss-reactive ketones (excluding diaryl/α,β-unsaturated/α-hetero) is 1. The van der Waals surface area contributed by atoms with E-state index in [1.54, 1.807) is 30.3 Å². The molecule has 1 atom stereocenters. The van der Waals surface area contributed by atoms with Crippen LogP contribution in [0.3, 0.4) is 0 Å². The average Bonchev–Trinajstić information content (AvgIpc) is 2.68. The number of ketones is 1. The van der Waals surface area contributed by atoms with E-state index in [0.717, 1.165) is 0 Å². The van der Waals surface area contributed by atoms with Gasteiger partial charge in [-0.3, -0.25) is 9.79 Å². The Hall–Kier alpha value is -3.06. The summed E-state index contributed by atoms with van der Waals surface area (Å²) in [5.74, 6) is 1.46. The second-order valence-corrected chi connectivity index (χ2v) is 5.89. The van der Waals surface area contributed by atoms with Crippen molar-refractivity contribution in [1.82, 2.24) is 0 Å². The van der Waals surface area contributed by atoms with Crippen molar-refractivity contribution in [2.45, 2.75) is 6.10 Å². The van der Waals surface area contributed by atoms with Gasteiger partial charge in [0.2, 0.25) is 0 Å². The zero-order valence-corrected chi connectivity index (χ0v) is 15.2. The van der Waals surface area contributed by atoms with Crippen LogP contribution >= 0.6 is 0 Å². The normalized spacial score (nSPS) is 14.1. The van der Waals surface area contributed by atoms with Crippen molar-refractivity contribution in [2.24, 2.45) is 4.99 Å². The summed E-state index contributed by atoms with van der Waals surface area (Å²) in [5.41, 5.74) is 1.35. The molecule has 1 heterocycles. The maximum atomic E-state index is 12.5. The Balaban J connectivity index is 1.67. The summed E-state index contributed by atoms with van der Waals surface area (Å²) in [6.07, 6.45) is 0.773. The van der Waals surface area contributed by atoms with Gasteiger partial charge in [-0.15, -0.1) is 0 Å². The summed E-state index contributed by atoms with van der Waals surface area (Å²) in [4.78, 5) is 16.7. The van der Waals surface area contributed by atoms with Crippen molar-refractivity contribution in [3.05, 3.63) is 47.5 Å². The van der Waals surface area contributed by atoms with E-state index in [1.165, 1.54) is 26.5 Å². The molecule has 1 aliphatic heterocycles. The number of phenols is 1. The molecule has 0 spiro atoms. The summed E-state index contributed by atoms with van der Waals surface area (Å²) >= 11 is 0. The Morgan fingerprint density at radius 3 is 2.67 bits per heavy atom. The van der Waals surface area contributed by atoms with E-state index < -0.39 is 6.10 Å². The fourth-order valence-corrected chi connectivity index (χ4v) is 2.79. The van der Waals surface area contributed by atoms with Gasteiger partial charge in [-0.05, 0) is 41.5 Å². The lowest BCUT2D eigenvalue weighted by Gasteiger charge is -2.20. The molecule has 7 heteroatoms. The third-order valence-electron chi connectivity index (χ3n) is 4.09. The van der Waals surface area contributed by atoms with Gasteiger partial charge in [0.25, 0.3) is 0 Å². The van der Waals surface area contributed by atoms with Crippen LogP contribution in [0.4, 0.5) is 0 Å². The number of carbonyl (C=O) groups is 1. The number of nitrogens with zero attached hydrogens (tertiary/aromatic N) is 1. The summed E-state index contributed by atoms with van der Waals surface area (Å²) < 4.78 is 21.4. The van der Waals surface area contributed by atoms with Crippen molar-refractivity contribution in [3.63, 3.8) is 0 Å². The summed E-state index contributed by atoms with van der Waals surface area (Å²) in [7, 11) is 2.95. The molecule has 0 fully saturated rings.